The maximum atomic E-state index is 12.0. The molecular formula is C13H22N4O2. The molecule has 0 saturated carbocycles. The van der Waals surface area contributed by atoms with Crippen LogP contribution in [0.3, 0.4) is 0 Å². The van der Waals surface area contributed by atoms with Crippen LogP contribution in [0, 0.1) is 6.92 Å². The van der Waals surface area contributed by atoms with Gasteiger partial charge in [-0.2, -0.15) is 5.10 Å². The Labute approximate surface area is 113 Å². The molecule has 0 atom stereocenters. The van der Waals surface area contributed by atoms with Crippen LogP contribution in [0.2, 0.25) is 0 Å². The molecule has 2 heterocycles. The Morgan fingerprint density at radius 1 is 1.47 bits per heavy atom. The van der Waals surface area contributed by atoms with Crippen LogP contribution in [0.25, 0.3) is 0 Å². The van der Waals surface area contributed by atoms with Gasteiger partial charge in [-0.3, -0.25) is 14.4 Å². The van der Waals surface area contributed by atoms with E-state index in [1.807, 2.05) is 13.8 Å². The lowest BCUT2D eigenvalue weighted by Gasteiger charge is -2.26. The predicted molar refractivity (Wildman–Crippen MR) is 72.2 cm³/mol. The molecule has 0 unspecified atom stereocenters. The summed E-state index contributed by atoms with van der Waals surface area (Å²) in [6.45, 7) is 9.65. The number of nitrogens with zero attached hydrogens (tertiary/aromatic N) is 3. The summed E-state index contributed by atoms with van der Waals surface area (Å²) in [5, 5.41) is 7.23. The van der Waals surface area contributed by atoms with Gasteiger partial charge in [0.05, 0.1) is 24.5 Å². The lowest BCUT2D eigenvalue weighted by atomic mass is 10.2. The molecule has 1 N–H and O–H groups in total. The Bertz CT molecular complexity index is 424. The minimum absolute atomic E-state index is 0.0366. The Balaban J connectivity index is 1.78. The van der Waals surface area contributed by atoms with E-state index in [0.717, 1.165) is 45.1 Å². The maximum absolute atomic E-state index is 12.0. The van der Waals surface area contributed by atoms with Gasteiger partial charge in [-0.25, -0.2) is 0 Å². The van der Waals surface area contributed by atoms with Gasteiger partial charge in [-0.05, 0) is 13.8 Å². The van der Waals surface area contributed by atoms with Crippen molar-refractivity contribution >= 4 is 5.91 Å². The third-order valence-corrected chi connectivity index (χ3v) is 3.33. The van der Waals surface area contributed by atoms with E-state index in [9.17, 15) is 4.79 Å². The normalized spacial score (nSPS) is 16.5. The number of carbonyl (C=O) groups excluding carboxylic acids is 1. The van der Waals surface area contributed by atoms with Crippen LogP contribution in [0.1, 0.15) is 23.0 Å². The topological polar surface area (TPSA) is 59.4 Å². The number of morpholine rings is 1. The van der Waals surface area contributed by atoms with E-state index in [1.54, 1.807) is 10.9 Å². The van der Waals surface area contributed by atoms with Crippen molar-refractivity contribution in [2.45, 2.75) is 20.4 Å². The summed E-state index contributed by atoms with van der Waals surface area (Å²) in [5.74, 6) is -0.0366. The Hall–Kier alpha value is -1.40. The van der Waals surface area contributed by atoms with Crippen molar-refractivity contribution in [3.05, 3.63) is 17.5 Å². The number of ether oxygens (including phenoxy) is 1. The van der Waals surface area contributed by atoms with Gasteiger partial charge < -0.3 is 10.1 Å². The van der Waals surface area contributed by atoms with Crippen LogP contribution in [-0.2, 0) is 11.3 Å². The van der Waals surface area contributed by atoms with E-state index in [4.69, 9.17) is 4.74 Å². The molecule has 1 saturated heterocycles. The molecule has 1 amide bonds. The van der Waals surface area contributed by atoms with Gasteiger partial charge in [0.2, 0.25) is 0 Å². The molecule has 1 fully saturated rings. The molecule has 19 heavy (non-hydrogen) atoms. The fourth-order valence-electron chi connectivity index (χ4n) is 2.15. The van der Waals surface area contributed by atoms with Gasteiger partial charge in [0, 0.05) is 38.9 Å². The zero-order valence-corrected chi connectivity index (χ0v) is 11.7. The molecule has 1 aromatic heterocycles. The number of aryl methyl sites for hydroxylation is 2. The summed E-state index contributed by atoms with van der Waals surface area (Å²) < 4.78 is 7.07. The summed E-state index contributed by atoms with van der Waals surface area (Å²) in [5.41, 5.74) is 1.45. The van der Waals surface area contributed by atoms with Crippen molar-refractivity contribution < 1.29 is 9.53 Å². The first-order valence-corrected chi connectivity index (χ1v) is 6.83. The number of nitrogens with one attached hydrogen (secondary N) is 1. The van der Waals surface area contributed by atoms with Crippen molar-refractivity contribution in [1.29, 1.82) is 0 Å². The minimum Gasteiger partial charge on any atom is -0.379 e. The summed E-state index contributed by atoms with van der Waals surface area (Å²) >= 11 is 0. The Morgan fingerprint density at radius 2 is 2.21 bits per heavy atom. The molecule has 1 aliphatic rings. The maximum Gasteiger partial charge on any atom is 0.254 e. The fraction of sp³-hybridized carbons (Fsp3) is 0.692. The summed E-state index contributed by atoms with van der Waals surface area (Å²) in [7, 11) is 0. The van der Waals surface area contributed by atoms with E-state index in [0.29, 0.717) is 12.1 Å². The van der Waals surface area contributed by atoms with Crippen LogP contribution in [-0.4, -0.2) is 60.0 Å². The second-order valence-corrected chi connectivity index (χ2v) is 4.69. The standard InChI is InChI=1S/C13H22N4O2/c1-3-17-10-12(11(2)15-17)13(18)14-4-5-16-6-8-19-9-7-16/h10H,3-9H2,1-2H3,(H,14,18). The van der Waals surface area contributed by atoms with Gasteiger partial charge in [0.25, 0.3) is 5.91 Å². The number of hydrogen-bond donors (Lipinski definition) is 1. The number of amides is 1. The smallest absolute Gasteiger partial charge is 0.254 e. The van der Waals surface area contributed by atoms with E-state index >= 15 is 0 Å². The van der Waals surface area contributed by atoms with E-state index < -0.39 is 0 Å². The van der Waals surface area contributed by atoms with Crippen LogP contribution >= 0.6 is 0 Å². The van der Waals surface area contributed by atoms with Crippen LogP contribution in [0.15, 0.2) is 6.20 Å². The van der Waals surface area contributed by atoms with Crippen molar-refractivity contribution in [2.75, 3.05) is 39.4 Å². The predicted octanol–water partition coefficient (Wildman–Crippen LogP) is 0.273. The highest BCUT2D eigenvalue weighted by Gasteiger charge is 2.14. The van der Waals surface area contributed by atoms with Crippen LogP contribution < -0.4 is 5.32 Å². The highest BCUT2D eigenvalue weighted by Crippen LogP contribution is 2.05. The number of carbonyl (C=O) groups is 1. The highest BCUT2D eigenvalue weighted by molar-refractivity contribution is 5.94. The monoisotopic (exact) mass is 266 g/mol. The molecule has 0 aliphatic carbocycles. The first-order valence-electron chi connectivity index (χ1n) is 6.83. The largest absolute Gasteiger partial charge is 0.379 e. The van der Waals surface area contributed by atoms with E-state index in [2.05, 4.69) is 15.3 Å². The summed E-state index contributed by atoms with van der Waals surface area (Å²) in [6, 6.07) is 0. The molecular weight excluding hydrogens is 244 g/mol. The molecule has 1 aromatic rings. The SMILES string of the molecule is CCn1cc(C(=O)NCCN2CCOCC2)c(C)n1. The molecule has 0 radical (unpaired) electrons. The van der Waals surface area contributed by atoms with Gasteiger partial charge in [0.15, 0.2) is 0 Å². The average molecular weight is 266 g/mol. The van der Waals surface area contributed by atoms with Crippen molar-refractivity contribution in [3.8, 4) is 0 Å². The van der Waals surface area contributed by atoms with E-state index in [-0.39, 0.29) is 5.91 Å². The highest BCUT2D eigenvalue weighted by atomic mass is 16.5. The second-order valence-electron chi connectivity index (χ2n) is 4.69. The quantitative estimate of drug-likeness (QED) is 0.831. The molecule has 0 bridgehead atoms. The van der Waals surface area contributed by atoms with Gasteiger partial charge in [0.1, 0.15) is 0 Å². The van der Waals surface area contributed by atoms with E-state index in [1.165, 1.54) is 0 Å². The molecule has 6 nitrogen and oxygen atoms in total. The molecule has 0 spiro atoms. The first-order chi connectivity index (χ1) is 9.20. The van der Waals surface area contributed by atoms with Crippen molar-refractivity contribution in [2.24, 2.45) is 0 Å². The molecule has 1 aliphatic heterocycles. The first kappa shape index (κ1) is 14.0. The van der Waals surface area contributed by atoms with Crippen LogP contribution in [0.4, 0.5) is 0 Å². The zero-order chi connectivity index (χ0) is 13.7. The lowest BCUT2D eigenvalue weighted by Crippen LogP contribution is -2.41. The molecule has 6 heteroatoms. The van der Waals surface area contributed by atoms with Crippen molar-refractivity contribution in [1.82, 2.24) is 20.0 Å². The zero-order valence-electron chi connectivity index (χ0n) is 11.7. The third-order valence-electron chi connectivity index (χ3n) is 3.33. The van der Waals surface area contributed by atoms with Gasteiger partial charge >= 0.3 is 0 Å². The van der Waals surface area contributed by atoms with Crippen molar-refractivity contribution in [3.63, 3.8) is 0 Å². The Kier molecular flexibility index (Phi) is 4.93. The van der Waals surface area contributed by atoms with Gasteiger partial charge in [-0.15, -0.1) is 0 Å². The molecule has 0 aromatic carbocycles. The third kappa shape index (κ3) is 3.78. The fourth-order valence-corrected chi connectivity index (χ4v) is 2.15. The molecule has 2 rings (SSSR count). The summed E-state index contributed by atoms with van der Waals surface area (Å²) in [6.07, 6.45) is 1.80. The number of aromatic nitrogens is 2. The van der Waals surface area contributed by atoms with Crippen LogP contribution in [0.5, 0.6) is 0 Å². The lowest BCUT2D eigenvalue weighted by molar-refractivity contribution is 0.0383. The minimum atomic E-state index is -0.0366. The average Bonchev–Trinajstić information content (AvgIpc) is 2.81. The number of hydrogen-bond acceptors (Lipinski definition) is 4. The molecule has 106 valence electrons. The summed E-state index contributed by atoms with van der Waals surface area (Å²) in [4.78, 5) is 14.3. The van der Waals surface area contributed by atoms with Gasteiger partial charge in [-0.1, -0.05) is 0 Å². The number of rotatable bonds is 5. The Morgan fingerprint density at radius 3 is 2.84 bits per heavy atom. The second kappa shape index (κ2) is 6.68.